The highest BCUT2D eigenvalue weighted by atomic mass is 15.0. The van der Waals surface area contributed by atoms with Gasteiger partial charge in [-0.15, -0.1) is 0 Å². The highest BCUT2D eigenvalue weighted by Gasteiger charge is 2.24. The van der Waals surface area contributed by atoms with Crippen LogP contribution in [0.3, 0.4) is 0 Å². The van der Waals surface area contributed by atoms with E-state index >= 15 is 0 Å². The van der Waals surface area contributed by atoms with Crippen molar-refractivity contribution in [2.75, 3.05) is 7.05 Å². The van der Waals surface area contributed by atoms with Gasteiger partial charge in [-0.25, -0.2) is 0 Å². The lowest BCUT2D eigenvalue weighted by atomic mass is 10.1. The summed E-state index contributed by atoms with van der Waals surface area (Å²) < 4.78 is 2.27. The molecule has 2 rings (SSSR count). The zero-order chi connectivity index (χ0) is 10.1. The van der Waals surface area contributed by atoms with Crippen LogP contribution in [0.25, 0.3) is 0 Å². The van der Waals surface area contributed by atoms with Crippen molar-refractivity contribution < 1.29 is 4.58 Å². The Morgan fingerprint density at radius 3 is 2.86 bits per heavy atom. The van der Waals surface area contributed by atoms with Gasteiger partial charge in [0.15, 0.2) is 5.71 Å². The molecule has 1 heteroatoms. The van der Waals surface area contributed by atoms with E-state index in [0.29, 0.717) is 0 Å². The van der Waals surface area contributed by atoms with Crippen LogP contribution in [0.2, 0.25) is 0 Å². The maximum atomic E-state index is 2.28. The molecule has 0 N–H and O–H groups in total. The first-order valence-electron chi connectivity index (χ1n) is 5.04. The van der Waals surface area contributed by atoms with E-state index in [2.05, 4.69) is 55.8 Å². The zero-order valence-electron chi connectivity index (χ0n) is 9.04. The molecule has 1 aliphatic heterocycles. The maximum absolute atomic E-state index is 2.28. The molecule has 1 aromatic rings. The van der Waals surface area contributed by atoms with Gasteiger partial charge in [0.1, 0.15) is 7.05 Å². The molecule has 0 bridgehead atoms. The van der Waals surface area contributed by atoms with E-state index < -0.39 is 0 Å². The largest absolute Gasteiger partial charge is 0.208 e. The number of benzene rings is 1. The van der Waals surface area contributed by atoms with Crippen molar-refractivity contribution >= 4 is 11.4 Å². The van der Waals surface area contributed by atoms with E-state index in [1.165, 1.54) is 22.5 Å². The van der Waals surface area contributed by atoms with Gasteiger partial charge in [0, 0.05) is 17.7 Å². The van der Waals surface area contributed by atoms with E-state index in [1.54, 1.807) is 0 Å². The average molecular weight is 186 g/mol. The summed E-state index contributed by atoms with van der Waals surface area (Å²) in [5, 5.41) is 0. The molecule has 14 heavy (non-hydrogen) atoms. The minimum Gasteiger partial charge on any atom is -0.198 e. The van der Waals surface area contributed by atoms with Gasteiger partial charge in [0.25, 0.3) is 0 Å². The second-order valence-corrected chi connectivity index (χ2v) is 3.86. The summed E-state index contributed by atoms with van der Waals surface area (Å²) in [6.07, 6.45) is 5.36. The normalized spacial score (nSPS) is 15.4. The summed E-state index contributed by atoms with van der Waals surface area (Å²) in [7, 11) is 2.14. The predicted octanol–water partition coefficient (Wildman–Crippen LogP) is 2.84. The lowest BCUT2D eigenvalue weighted by Gasteiger charge is -1.95. The van der Waals surface area contributed by atoms with Gasteiger partial charge in [0.05, 0.1) is 6.42 Å². The Morgan fingerprint density at radius 2 is 2.14 bits per heavy atom. The van der Waals surface area contributed by atoms with Crippen molar-refractivity contribution in [1.82, 2.24) is 0 Å². The predicted molar refractivity (Wildman–Crippen MR) is 60.5 cm³/mol. The summed E-state index contributed by atoms with van der Waals surface area (Å²) >= 11 is 0. The van der Waals surface area contributed by atoms with Crippen molar-refractivity contribution in [3.63, 3.8) is 0 Å². The topological polar surface area (TPSA) is 3.01 Å². The Labute approximate surface area is 85.4 Å². The summed E-state index contributed by atoms with van der Waals surface area (Å²) in [5.41, 5.74) is 5.52. The van der Waals surface area contributed by atoms with Crippen molar-refractivity contribution in [3.8, 4) is 0 Å². The molecule has 0 fully saturated rings. The lowest BCUT2D eigenvalue weighted by molar-refractivity contribution is -0.400. The van der Waals surface area contributed by atoms with Gasteiger partial charge in [-0.05, 0) is 19.9 Å². The second kappa shape index (κ2) is 3.41. The third-order valence-corrected chi connectivity index (χ3v) is 2.76. The third-order valence-electron chi connectivity index (χ3n) is 2.76. The minimum atomic E-state index is 1.07. The molecular formula is C13H16N+. The second-order valence-electron chi connectivity index (χ2n) is 3.86. The minimum absolute atomic E-state index is 1.07. The van der Waals surface area contributed by atoms with E-state index in [4.69, 9.17) is 0 Å². The van der Waals surface area contributed by atoms with Gasteiger partial charge in [-0.2, -0.15) is 4.58 Å². The molecule has 0 saturated carbocycles. The Hall–Kier alpha value is -1.37. The van der Waals surface area contributed by atoms with E-state index in [-0.39, 0.29) is 0 Å². The summed E-state index contributed by atoms with van der Waals surface area (Å²) in [5.74, 6) is 0. The van der Waals surface area contributed by atoms with E-state index in [0.717, 1.165) is 6.42 Å². The number of hydrogen-bond acceptors (Lipinski definition) is 0. The molecule has 0 aliphatic carbocycles. The van der Waals surface area contributed by atoms with E-state index in [9.17, 15) is 0 Å². The first-order chi connectivity index (χ1) is 6.72. The number of hydrogen-bond donors (Lipinski definition) is 0. The summed E-state index contributed by atoms with van der Waals surface area (Å²) in [4.78, 5) is 0. The molecule has 1 heterocycles. The van der Waals surface area contributed by atoms with Crippen LogP contribution in [0, 0.1) is 6.92 Å². The smallest absolute Gasteiger partial charge is 0.198 e. The van der Waals surface area contributed by atoms with Crippen molar-refractivity contribution in [2.45, 2.75) is 20.3 Å². The lowest BCUT2D eigenvalue weighted by Crippen LogP contribution is -2.04. The molecule has 0 saturated heterocycles. The van der Waals surface area contributed by atoms with Crippen LogP contribution >= 0.6 is 0 Å². The van der Waals surface area contributed by atoms with Crippen molar-refractivity contribution in [3.05, 3.63) is 41.5 Å². The highest BCUT2D eigenvalue weighted by Crippen LogP contribution is 2.26. The van der Waals surface area contributed by atoms with E-state index in [1.807, 2.05) is 0 Å². The van der Waals surface area contributed by atoms with Crippen LogP contribution in [0.4, 0.5) is 5.69 Å². The third kappa shape index (κ3) is 1.39. The van der Waals surface area contributed by atoms with Crippen LogP contribution in [0.1, 0.15) is 18.1 Å². The number of nitrogens with zero attached hydrogens (tertiary/aromatic N) is 1. The Kier molecular flexibility index (Phi) is 2.24. The number of fused-ring (bicyclic) bond motifs is 1. The molecule has 0 aromatic heterocycles. The number of allylic oxidation sites excluding steroid dienone is 2. The van der Waals surface area contributed by atoms with Crippen molar-refractivity contribution in [2.24, 2.45) is 0 Å². The first-order valence-corrected chi connectivity index (χ1v) is 5.04. The average Bonchev–Trinajstić information content (AvgIpc) is 2.44. The fourth-order valence-electron chi connectivity index (χ4n) is 2.01. The number of rotatable bonds is 1. The van der Waals surface area contributed by atoms with Gasteiger partial charge >= 0.3 is 0 Å². The quantitative estimate of drug-likeness (QED) is 0.593. The van der Waals surface area contributed by atoms with Crippen LogP contribution in [-0.4, -0.2) is 17.3 Å². The molecule has 0 spiro atoms. The van der Waals surface area contributed by atoms with Gasteiger partial charge < -0.3 is 0 Å². The van der Waals surface area contributed by atoms with Crippen LogP contribution < -0.4 is 0 Å². The molecule has 72 valence electrons. The summed E-state index contributed by atoms with van der Waals surface area (Å²) in [6.45, 7) is 4.21. The van der Waals surface area contributed by atoms with Crippen LogP contribution in [0.15, 0.2) is 30.4 Å². The maximum Gasteiger partial charge on any atom is 0.208 e. The fraction of sp³-hybridized carbons (Fsp3) is 0.308. The van der Waals surface area contributed by atoms with Gasteiger partial charge in [0.2, 0.25) is 5.69 Å². The first kappa shape index (κ1) is 9.20. The molecule has 0 unspecified atom stereocenters. The molecule has 0 atom stereocenters. The van der Waals surface area contributed by atoms with Crippen LogP contribution in [-0.2, 0) is 6.42 Å². The monoisotopic (exact) mass is 186 g/mol. The standard InChI is InChI=1S/C13H16N/c1-4-5-12-9-11-8-10(2)6-7-13(11)14(12)3/h4-8H,9H2,1-3H3/q+1/b5-4+. The van der Waals surface area contributed by atoms with Gasteiger partial charge in [-0.1, -0.05) is 17.7 Å². The molecule has 1 aliphatic rings. The van der Waals surface area contributed by atoms with Crippen molar-refractivity contribution in [1.29, 1.82) is 0 Å². The molecule has 0 radical (unpaired) electrons. The highest BCUT2D eigenvalue weighted by molar-refractivity contribution is 5.96. The molecular weight excluding hydrogens is 170 g/mol. The Balaban J connectivity index is 2.47. The van der Waals surface area contributed by atoms with Crippen LogP contribution in [0.5, 0.6) is 0 Å². The molecule has 0 amide bonds. The summed E-state index contributed by atoms with van der Waals surface area (Å²) in [6, 6.07) is 6.66. The Morgan fingerprint density at radius 1 is 1.36 bits per heavy atom. The number of aryl methyl sites for hydroxylation is 1. The zero-order valence-corrected chi connectivity index (χ0v) is 9.04. The Bertz CT molecular complexity index is 425. The fourth-order valence-corrected chi connectivity index (χ4v) is 2.01. The molecule has 1 aromatic carbocycles. The SMILES string of the molecule is C/C=C/C1=[N+](C)c2ccc(C)cc2C1. The van der Waals surface area contributed by atoms with Gasteiger partial charge in [-0.3, -0.25) is 0 Å². The molecule has 1 nitrogen and oxygen atoms in total.